The lowest BCUT2D eigenvalue weighted by Gasteiger charge is -2.34. The lowest BCUT2D eigenvalue weighted by Crippen LogP contribution is -2.51. The van der Waals surface area contributed by atoms with Gasteiger partial charge in [-0.05, 0) is 47.7 Å². The Balaban J connectivity index is 2.89. The summed E-state index contributed by atoms with van der Waals surface area (Å²) in [5.41, 5.74) is -0.839. The molecule has 0 aromatic heterocycles. The number of hydrogen-bond acceptors (Lipinski definition) is 3. The third-order valence-electron chi connectivity index (χ3n) is 4.28. The van der Waals surface area contributed by atoms with E-state index in [1.54, 1.807) is 0 Å². The summed E-state index contributed by atoms with van der Waals surface area (Å²) in [6, 6.07) is 0.0279. The Morgan fingerprint density at radius 2 is 1.71 bits per heavy atom. The Morgan fingerprint density at radius 3 is 2.14 bits per heavy atom. The van der Waals surface area contributed by atoms with Crippen molar-refractivity contribution in [2.75, 3.05) is 26.7 Å². The molecule has 0 bridgehead atoms. The molecule has 3 nitrogen and oxygen atoms in total. The van der Waals surface area contributed by atoms with Crippen LogP contribution in [0, 0.1) is 5.92 Å². The van der Waals surface area contributed by atoms with Crippen LogP contribution in [0.2, 0.25) is 0 Å². The molecule has 1 aliphatic rings. The lowest BCUT2D eigenvalue weighted by atomic mass is 9.82. The van der Waals surface area contributed by atoms with Crippen molar-refractivity contribution in [3.8, 4) is 0 Å². The van der Waals surface area contributed by atoms with E-state index in [0.29, 0.717) is 19.5 Å². The number of alkyl halides is 3. The van der Waals surface area contributed by atoms with Gasteiger partial charge in [0.15, 0.2) is 0 Å². The molecule has 0 radical (unpaired) electrons. The third kappa shape index (κ3) is 4.83. The van der Waals surface area contributed by atoms with Gasteiger partial charge in [-0.1, -0.05) is 6.92 Å². The minimum Gasteiger partial charge on any atom is -0.368 e. The van der Waals surface area contributed by atoms with Gasteiger partial charge in [0.25, 0.3) is 0 Å². The zero-order chi connectivity index (χ0) is 16.5. The van der Waals surface area contributed by atoms with Crippen LogP contribution >= 0.6 is 0 Å². The molecular formula is C15H29F3N2O. The lowest BCUT2D eigenvalue weighted by molar-refractivity contribution is -0.149. The Morgan fingerprint density at radius 1 is 1.14 bits per heavy atom. The maximum absolute atomic E-state index is 12.7. The van der Waals surface area contributed by atoms with Gasteiger partial charge in [-0.25, -0.2) is 0 Å². The van der Waals surface area contributed by atoms with Crippen molar-refractivity contribution >= 4 is 0 Å². The monoisotopic (exact) mass is 310 g/mol. The molecule has 0 aromatic rings. The summed E-state index contributed by atoms with van der Waals surface area (Å²) in [6.07, 6.45) is -3.46. The van der Waals surface area contributed by atoms with E-state index in [-0.39, 0.29) is 17.6 Å². The summed E-state index contributed by atoms with van der Waals surface area (Å²) in [7, 11) is 1.85. The summed E-state index contributed by atoms with van der Waals surface area (Å²) in [4.78, 5) is 1.50. The van der Waals surface area contributed by atoms with Gasteiger partial charge >= 0.3 is 6.18 Å². The molecule has 1 rings (SSSR count). The molecule has 2 unspecified atom stereocenters. The van der Waals surface area contributed by atoms with Crippen molar-refractivity contribution in [1.82, 2.24) is 10.2 Å². The first-order chi connectivity index (χ1) is 9.43. The summed E-state index contributed by atoms with van der Waals surface area (Å²) in [5, 5.41) is 3.24. The Labute approximate surface area is 126 Å². The average Bonchev–Trinajstić information content (AvgIpc) is 2.41. The predicted molar refractivity (Wildman–Crippen MR) is 78.4 cm³/mol. The zero-order valence-corrected chi connectivity index (χ0v) is 14.0. The fraction of sp³-hybridized carbons (Fsp3) is 1.00. The Kier molecular flexibility index (Phi) is 5.73. The molecule has 0 aromatic carbocycles. The van der Waals surface area contributed by atoms with E-state index < -0.39 is 18.3 Å². The maximum Gasteiger partial charge on any atom is 0.401 e. The molecule has 126 valence electrons. The molecule has 6 heteroatoms. The van der Waals surface area contributed by atoms with Crippen LogP contribution in [0.5, 0.6) is 0 Å². The molecule has 21 heavy (non-hydrogen) atoms. The molecular weight excluding hydrogens is 281 g/mol. The molecule has 1 N–H and O–H groups in total. The number of nitrogens with zero attached hydrogens (tertiary/aromatic N) is 1. The highest BCUT2D eigenvalue weighted by Gasteiger charge is 2.53. The van der Waals surface area contributed by atoms with Crippen molar-refractivity contribution in [2.24, 2.45) is 5.92 Å². The minimum absolute atomic E-state index is 0.00593. The van der Waals surface area contributed by atoms with Crippen molar-refractivity contribution in [3.05, 3.63) is 0 Å². The standard InChI is InChI=1S/C15H29F3N2O/c1-7-8-20(10-15(16,17)18)9-11-12(19-6)14(4,5)21-13(11,2)3/h11-12,19H,7-10H2,1-6H3. The SMILES string of the molecule is CCCN(CC1C(NC)C(C)(C)OC1(C)C)CC(F)(F)F. The van der Waals surface area contributed by atoms with Crippen LogP contribution in [0.1, 0.15) is 41.0 Å². The van der Waals surface area contributed by atoms with E-state index in [4.69, 9.17) is 4.74 Å². The molecule has 1 aliphatic heterocycles. The van der Waals surface area contributed by atoms with Crippen LogP contribution in [0.15, 0.2) is 0 Å². The second-order valence-electron chi connectivity index (χ2n) is 7.03. The number of rotatable bonds is 6. The van der Waals surface area contributed by atoms with Crippen LogP contribution in [0.4, 0.5) is 13.2 Å². The fourth-order valence-electron chi connectivity index (χ4n) is 3.66. The van der Waals surface area contributed by atoms with Gasteiger partial charge in [0.05, 0.1) is 17.7 Å². The molecule has 0 spiro atoms. The van der Waals surface area contributed by atoms with Gasteiger partial charge in [0.2, 0.25) is 0 Å². The first-order valence-electron chi connectivity index (χ1n) is 7.59. The first-order valence-corrected chi connectivity index (χ1v) is 7.59. The van der Waals surface area contributed by atoms with Crippen LogP contribution in [0.3, 0.4) is 0 Å². The summed E-state index contributed by atoms with van der Waals surface area (Å²) >= 11 is 0. The van der Waals surface area contributed by atoms with Crippen LogP contribution < -0.4 is 5.32 Å². The summed E-state index contributed by atoms with van der Waals surface area (Å²) in [5.74, 6) is 0.00593. The van der Waals surface area contributed by atoms with Crippen molar-refractivity contribution in [3.63, 3.8) is 0 Å². The number of halogens is 3. The van der Waals surface area contributed by atoms with E-state index in [9.17, 15) is 13.2 Å². The minimum atomic E-state index is -4.16. The molecule has 0 saturated carbocycles. The summed E-state index contributed by atoms with van der Waals surface area (Å²) < 4.78 is 44.3. The smallest absolute Gasteiger partial charge is 0.368 e. The largest absolute Gasteiger partial charge is 0.401 e. The average molecular weight is 310 g/mol. The van der Waals surface area contributed by atoms with Crippen molar-refractivity contribution < 1.29 is 17.9 Å². The van der Waals surface area contributed by atoms with Crippen LogP contribution in [0.25, 0.3) is 0 Å². The van der Waals surface area contributed by atoms with Gasteiger partial charge in [-0.15, -0.1) is 0 Å². The highest BCUT2D eigenvalue weighted by Crippen LogP contribution is 2.42. The number of ether oxygens (including phenoxy) is 1. The van der Waals surface area contributed by atoms with Gasteiger partial charge < -0.3 is 10.1 Å². The number of nitrogens with one attached hydrogen (secondary N) is 1. The topological polar surface area (TPSA) is 24.5 Å². The molecule has 2 atom stereocenters. The normalized spacial score (nSPS) is 28.3. The van der Waals surface area contributed by atoms with Gasteiger partial charge in [0.1, 0.15) is 0 Å². The van der Waals surface area contributed by atoms with Gasteiger partial charge in [0, 0.05) is 18.5 Å². The number of hydrogen-bond donors (Lipinski definition) is 1. The van der Waals surface area contributed by atoms with E-state index in [1.165, 1.54) is 4.90 Å². The Bertz CT molecular complexity index is 342. The maximum atomic E-state index is 12.7. The molecule has 0 aliphatic carbocycles. The van der Waals surface area contributed by atoms with Crippen molar-refractivity contribution in [1.29, 1.82) is 0 Å². The molecule has 1 saturated heterocycles. The first kappa shape index (κ1) is 18.7. The molecule has 0 amide bonds. The van der Waals surface area contributed by atoms with E-state index in [0.717, 1.165) is 0 Å². The van der Waals surface area contributed by atoms with Crippen LogP contribution in [-0.2, 0) is 4.74 Å². The van der Waals surface area contributed by atoms with Gasteiger partial charge in [-0.3, -0.25) is 4.90 Å². The van der Waals surface area contributed by atoms with E-state index in [1.807, 2.05) is 41.7 Å². The van der Waals surface area contributed by atoms with E-state index >= 15 is 0 Å². The quantitative estimate of drug-likeness (QED) is 0.816. The summed E-state index contributed by atoms with van der Waals surface area (Å²) in [6.45, 7) is 9.79. The highest BCUT2D eigenvalue weighted by atomic mass is 19.4. The number of likely N-dealkylation sites (N-methyl/N-ethyl adjacent to an activating group) is 1. The zero-order valence-electron chi connectivity index (χ0n) is 14.0. The van der Waals surface area contributed by atoms with Gasteiger partial charge in [-0.2, -0.15) is 13.2 Å². The third-order valence-corrected chi connectivity index (χ3v) is 4.28. The fourth-order valence-corrected chi connectivity index (χ4v) is 3.66. The van der Waals surface area contributed by atoms with Crippen LogP contribution in [-0.4, -0.2) is 55.0 Å². The Hall–Kier alpha value is -0.330. The molecule has 1 fully saturated rings. The van der Waals surface area contributed by atoms with Crippen molar-refractivity contribution in [2.45, 2.75) is 64.5 Å². The second-order valence-corrected chi connectivity index (χ2v) is 7.03. The second kappa shape index (κ2) is 6.42. The predicted octanol–water partition coefficient (Wildman–Crippen LogP) is 3.05. The van der Waals surface area contributed by atoms with E-state index in [2.05, 4.69) is 5.32 Å². The molecule has 1 heterocycles. The highest BCUT2D eigenvalue weighted by molar-refractivity contribution is 5.05.